The number of hydrogen-bond donors (Lipinski definition) is 0. The van der Waals surface area contributed by atoms with Gasteiger partial charge < -0.3 is 4.74 Å². The molecular weight excluding hydrogens is 208 g/mol. The molecule has 0 aliphatic rings. The molecule has 0 saturated carbocycles. The minimum absolute atomic E-state index is 0.802. The van der Waals surface area contributed by atoms with Gasteiger partial charge in [0.25, 0.3) is 0 Å². The van der Waals surface area contributed by atoms with E-state index in [2.05, 4.69) is 26.0 Å². The summed E-state index contributed by atoms with van der Waals surface area (Å²) >= 11 is 0. The molecule has 0 aliphatic heterocycles. The number of allylic oxidation sites excluding steroid dienone is 1. The van der Waals surface area contributed by atoms with Crippen LogP contribution in [0.15, 0.2) is 12.2 Å². The summed E-state index contributed by atoms with van der Waals surface area (Å²) in [5.41, 5.74) is 0. The van der Waals surface area contributed by atoms with Gasteiger partial charge in [-0.3, -0.25) is 0 Å². The molecule has 0 aromatic heterocycles. The minimum Gasteiger partial charge on any atom is -0.377 e. The Morgan fingerprint density at radius 3 is 2.06 bits per heavy atom. The second-order valence-electron chi connectivity index (χ2n) is 4.81. The molecule has 0 N–H and O–H groups in total. The minimum atomic E-state index is 0.802. The zero-order valence-corrected chi connectivity index (χ0v) is 12.0. The summed E-state index contributed by atoms with van der Waals surface area (Å²) in [7, 11) is 0. The van der Waals surface area contributed by atoms with Gasteiger partial charge in [0.2, 0.25) is 0 Å². The molecular formula is C16H32O. The highest BCUT2D eigenvalue weighted by atomic mass is 16.5. The summed E-state index contributed by atoms with van der Waals surface area (Å²) < 4.78 is 5.46. The highest BCUT2D eigenvalue weighted by Gasteiger charge is 1.89. The largest absolute Gasteiger partial charge is 0.377 e. The predicted octanol–water partition coefficient (Wildman–Crippen LogP) is 5.50. The lowest BCUT2D eigenvalue weighted by atomic mass is 10.1. The normalized spacial score (nSPS) is 11.4. The maximum atomic E-state index is 5.46. The molecule has 0 amide bonds. The van der Waals surface area contributed by atoms with Crippen molar-refractivity contribution in [2.75, 3.05) is 13.2 Å². The number of rotatable bonds is 13. The lowest BCUT2D eigenvalue weighted by Crippen LogP contribution is -1.92. The van der Waals surface area contributed by atoms with Crippen molar-refractivity contribution in [3.8, 4) is 0 Å². The van der Waals surface area contributed by atoms with E-state index >= 15 is 0 Å². The van der Waals surface area contributed by atoms with Gasteiger partial charge in [0.15, 0.2) is 0 Å². The smallest absolute Gasteiger partial charge is 0.0647 e. The number of ether oxygens (including phenoxy) is 1. The SMILES string of the molecule is CCCCCCCCCC=CCOCCCC. The molecule has 0 atom stereocenters. The van der Waals surface area contributed by atoms with E-state index in [1.165, 1.54) is 64.2 Å². The molecule has 0 aromatic rings. The van der Waals surface area contributed by atoms with Crippen molar-refractivity contribution in [3.05, 3.63) is 12.2 Å². The molecule has 1 heteroatoms. The van der Waals surface area contributed by atoms with Gasteiger partial charge in [0.05, 0.1) is 6.61 Å². The van der Waals surface area contributed by atoms with Crippen molar-refractivity contribution in [2.45, 2.75) is 78.1 Å². The molecule has 17 heavy (non-hydrogen) atoms. The van der Waals surface area contributed by atoms with Crippen molar-refractivity contribution >= 4 is 0 Å². The van der Waals surface area contributed by atoms with Crippen molar-refractivity contribution in [1.29, 1.82) is 0 Å². The monoisotopic (exact) mass is 240 g/mol. The Labute approximate surface area is 109 Å². The summed E-state index contributed by atoms with van der Waals surface area (Å²) in [6, 6.07) is 0. The van der Waals surface area contributed by atoms with Crippen molar-refractivity contribution in [1.82, 2.24) is 0 Å². The Balaban J connectivity index is 2.99. The van der Waals surface area contributed by atoms with Gasteiger partial charge >= 0.3 is 0 Å². The highest BCUT2D eigenvalue weighted by molar-refractivity contribution is 4.81. The van der Waals surface area contributed by atoms with E-state index in [-0.39, 0.29) is 0 Å². The summed E-state index contributed by atoms with van der Waals surface area (Å²) in [5.74, 6) is 0. The molecule has 0 fully saturated rings. The number of unbranched alkanes of at least 4 members (excludes halogenated alkanes) is 8. The van der Waals surface area contributed by atoms with Gasteiger partial charge in [-0.1, -0.05) is 70.9 Å². The molecule has 0 aliphatic carbocycles. The zero-order valence-electron chi connectivity index (χ0n) is 12.0. The summed E-state index contributed by atoms with van der Waals surface area (Å²) in [5, 5.41) is 0. The maximum Gasteiger partial charge on any atom is 0.0647 e. The molecule has 102 valence electrons. The van der Waals surface area contributed by atoms with Crippen molar-refractivity contribution in [2.24, 2.45) is 0 Å². The topological polar surface area (TPSA) is 9.23 Å². The molecule has 0 spiro atoms. The first kappa shape index (κ1) is 16.7. The van der Waals surface area contributed by atoms with Gasteiger partial charge in [-0.2, -0.15) is 0 Å². The van der Waals surface area contributed by atoms with Gasteiger partial charge in [-0.25, -0.2) is 0 Å². The molecule has 0 radical (unpaired) electrons. The molecule has 0 saturated heterocycles. The van der Waals surface area contributed by atoms with Crippen LogP contribution in [0.2, 0.25) is 0 Å². The fourth-order valence-corrected chi connectivity index (χ4v) is 1.80. The zero-order chi connectivity index (χ0) is 12.6. The molecule has 0 bridgehead atoms. The van der Waals surface area contributed by atoms with Gasteiger partial charge in [-0.05, 0) is 19.3 Å². The van der Waals surface area contributed by atoms with Crippen LogP contribution >= 0.6 is 0 Å². The first-order valence-corrected chi connectivity index (χ1v) is 7.64. The van der Waals surface area contributed by atoms with E-state index in [0.717, 1.165) is 13.2 Å². The average Bonchev–Trinajstić information content (AvgIpc) is 2.35. The van der Waals surface area contributed by atoms with Crippen LogP contribution in [0, 0.1) is 0 Å². The van der Waals surface area contributed by atoms with Crippen LogP contribution in [0.5, 0.6) is 0 Å². The van der Waals surface area contributed by atoms with Crippen LogP contribution in [0.4, 0.5) is 0 Å². The third kappa shape index (κ3) is 15.7. The van der Waals surface area contributed by atoms with Crippen LogP contribution in [-0.4, -0.2) is 13.2 Å². The fourth-order valence-electron chi connectivity index (χ4n) is 1.80. The first-order chi connectivity index (χ1) is 8.41. The molecule has 0 heterocycles. The van der Waals surface area contributed by atoms with Gasteiger partial charge in [0.1, 0.15) is 0 Å². The first-order valence-electron chi connectivity index (χ1n) is 7.64. The second kappa shape index (κ2) is 15.7. The quantitative estimate of drug-likeness (QED) is 0.305. The Kier molecular flexibility index (Phi) is 15.4. The van der Waals surface area contributed by atoms with Gasteiger partial charge in [0, 0.05) is 6.61 Å². The Morgan fingerprint density at radius 1 is 0.706 bits per heavy atom. The predicted molar refractivity (Wildman–Crippen MR) is 77.5 cm³/mol. The van der Waals surface area contributed by atoms with E-state index in [9.17, 15) is 0 Å². The molecule has 1 nitrogen and oxygen atoms in total. The fraction of sp³-hybridized carbons (Fsp3) is 0.875. The number of hydrogen-bond acceptors (Lipinski definition) is 1. The van der Waals surface area contributed by atoms with E-state index in [4.69, 9.17) is 4.74 Å². The third-order valence-corrected chi connectivity index (χ3v) is 3.00. The van der Waals surface area contributed by atoms with Crippen LogP contribution in [-0.2, 0) is 4.74 Å². The average molecular weight is 240 g/mol. The summed E-state index contributed by atoms with van der Waals surface area (Å²) in [4.78, 5) is 0. The van der Waals surface area contributed by atoms with Crippen LogP contribution < -0.4 is 0 Å². The second-order valence-corrected chi connectivity index (χ2v) is 4.81. The molecule has 0 aromatic carbocycles. The van der Waals surface area contributed by atoms with Gasteiger partial charge in [-0.15, -0.1) is 0 Å². The van der Waals surface area contributed by atoms with E-state index in [1.54, 1.807) is 0 Å². The molecule has 0 rings (SSSR count). The Hall–Kier alpha value is -0.300. The lowest BCUT2D eigenvalue weighted by Gasteiger charge is -1.99. The molecule has 0 unspecified atom stereocenters. The lowest BCUT2D eigenvalue weighted by molar-refractivity contribution is 0.158. The third-order valence-electron chi connectivity index (χ3n) is 3.00. The summed E-state index contributed by atoms with van der Waals surface area (Å²) in [6.45, 7) is 6.18. The Morgan fingerprint density at radius 2 is 1.35 bits per heavy atom. The Bertz CT molecular complexity index is 152. The van der Waals surface area contributed by atoms with Crippen LogP contribution in [0.3, 0.4) is 0 Å². The van der Waals surface area contributed by atoms with Crippen molar-refractivity contribution in [3.63, 3.8) is 0 Å². The van der Waals surface area contributed by atoms with E-state index in [0.29, 0.717) is 0 Å². The van der Waals surface area contributed by atoms with E-state index < -0.39 is 0 Å². The van der Waals surface area contributed by atoms with Crippen LogP contribution in [0.1, 0.15) is 78.1 Å². The standard InChI is InChI=1S/C16H32O/c1-3-5-7-8-9-10-11-12-13-14-16-17-15-6-4-2/h13-14H,3-12,15-16H2,1-2H3. The highest BCUT2D eigenvalue weighted by Crippen LogP contribution is 2.08. The van der Waals surface area contributed by atoms with Crippen LogP contribution in [0.25, 0.3) is 0 Å². The maximum absolute atomic E-state index is 5.46. The van der Waals surface area contributed by atoms with Crippen molar-refractivity contribution < 1.29 is 4.74 Å². The summed E-state index contributed by atoms with van der Waals surface area (Å²) in [6.07, 6.45) is 17.9. The van der Waals surface area contributed by atoms with E-state index in [1.807, 2.05) is 0 Å².